The molecule has 1 fully saturated rings. The van der Waals surface area contributed by atoms with Crippen LogP contribution >= 0.6 is 11.3 Å². The number of hydrogen-bond donors (Lipinski definition) is 1. The van der Waals surface area contributed by atoms with E-state index in [0.29, 0.717) is 6.04 Å². The van der Waals surface area contributed by atoms with Crippen LogP contribution in [-0.2, 0) is 0 Å². The molecule has 1 aliphatic heterocycles. The van der Waals surface area contributed by atoms with Gasteiger partial charge >= 0.3 is 0 Å². The number of nitrogens with one attached hydrogen (secondary N) is 1. The Balaban J connectivity index is 1.79. The molecule has 0 bridgehead atoms. The van der Waals surface area contributed by atoms with E-state index in [0.717, 1.165) is 41.0 Å². The number of ether oxygens (including phenoxy) is 2. The van der Waals surface area contributed by atoms with Crippen LogP contribution in [0.3, 0.4) is 0 Å². The van der Waals surface area contributed by atoms with Crippen LogP contribution in [0.5, 0.6) is 11.5 Å². The summed E-state index contributed by atoms with van der Waals surface area (Å²) in [6, 6.07) is 6.46. The molecule has 6 heteroatoms. The van der Waals surface area contributed by atoms with E-state index in [2.05, 4.69) is 24.2 Å². The Morgan fingerprint density at radius 3 is 2.54 bits per heavy atom. The van der Waals surface area contributed by atoms with Gasteiger partial charge in [-0.05, 0) is 58.1 Å². The molecule has 1 aliphatic rings. The molecule has 0 amide bonds. The number of thiazole rings is 1. The van der Waals surface area contributed by atoms with Crippen molar-refractivity contribution in [3.63, 3.8) is 0 Å². The van der Waals surface area contributed by atoms with Crippen LogP contribution in [-0.4, -0.2) is 50.3 Å². The zero-order valence-corrected chi connectivity index (χ0v) is 15.6. The maximum Gasteiger partial charge on any atom is 0.183 e. The molecule has 1 aromatic heterocycles. The van der Waals surface area contributed by atoms with E-state index in [1.165, 1.54) is 17.7 Å². The van der Waals surface area contributed by atoms with Gasteiger partial charge in [0.25, 0.3) is 0 Å². The van der Waals surface area contributed by atoms with Gasteiger partial charge in [-0.25, -0.2) is 4.98 Å². The van der Waals surface area contributed by atoms with Crippen molar-refractivity contribution >= 4 is 16.5 Å². The third-order valence-corrected chi connectivity index (χ3v) is 5.40. The van der Waals surface area contributed by atoms with Gasteiger partial charge in [-0.2, -0.15) is 0 Å². The topological polar surface area (TPSA) is 46.6 Å². The summed E-state index contributed by atoms with van der Waals surface area (Å²) in [5, 5.41) is 4.61. The van der Waals surface area contributed by atoms with Crippen molar-refractivity contribution in [1.82, 2.24) is 9.88 Å². The minimum atomic E-state index is 0.519. The lowest BCUT2D eigenvalue weighted by Crippen LogP contribution is -2.36. The first-order valence-electron chi connectivity index (χ1n) is 8.25. The van der Waals surface area contributed by atoms with E-state index in [1.54, 1.807) is 25.6 Å². The number of rotatable bonds is 5. The molecule has 5 nitrogen and oxygen atoms in total. The molecular weight excluding hydrogens is 322 g/mol. The van der Waals surface area contributed by atoms with Gasteiger partial charge in [0.15, 0.2) is 16.6 Å². The van der Waals surface area contributed by atoms with Crippen molar-refractivity contribution in [2.45, 2.75) is 25.8 Å². The van der Waals surface area contributed by atoms with Crippen molar-refractivity contribution < 1.29 is 9.47 Å². The molecule has 24 heavy (non-hydrogen) atoms. The third kappa shape index (κ3) is 3.65. The van der Waals surface area contributed by atoms with Crippen LogP contribution in [0.1, 0.15) is 17.7 Å². The van der Waals surface area contributed by atoms with Crippen LogP contribution in [0.4, 0.5) is 5.13 Å². The SMILES string of the molecule is COc1ccc(-c2nc(NC3CCN(C)CC3)sc2C)cc1OC. The number of nitrogens with zero attached hydrogens (tertiary/aromatic N) is 2. The highest BCUT2D eigenvalue weighted by Gasteiger charge is 2.19. The van der Waals surface area contributed by atoms with E-state index in [9.17, 15) is 0 Å². The number of likely N-dealkylation sites (tertiary alicyclic amines) is 1. The average Bonchev–Trinajstić information content (AvgIpc) is 2.96. The Kier molecular flexibility index (Phi) is 5.26. The van der Waals surface area contributed by atoms with Gasteiger partial charge in [0.2, 0.25) is 0 Å². The van der Waals surface area contributed by atoms with Gasteiger partial charge < -0.3 is 19.7 Å². The molecule has 2 aromatic rings. The molecule has 0 aliphatic carbocycles. The molecule has 1 saturated heterocycles. The maximum absolute atomic E-state index is 5.41. The number of aromatic nitrogens is 1. The van der Waals surface area contributed by atoms with Crippen molar-refractivity contribution in [2.75, 3.05) is 39.7 Å². The fourth-order valence-electron chi connectivity index (χ4n) is 3.04. The summed E-state index contributed by atoms with van der Waals surface area (Å²) in [6.07, 6.45) is 2.33. The predicted molar refractivity (Wildman–Crippen MR) is 99.5 cm³/mol. The van der Waals surface area contributed by atoms with Crippen molar-refractivity contribution in [1.29, 1.82) is 0 Å². The number of aryl methyl sites for hydroxylation is 1. The summed E-state index contributed by atoms with van der Waals surface area (Å²) in [5.41, 5.74) is 2.06. The summed E-state index contributed by atoms with van der Waals surface area (Å²) in [6.45, 7) is 4.40. The summed E-state index contributed by atoms with van der Waals surface area (Å²) >= 11 is 1.72. The maximum atomic E-state index is 5.41. The Hall–Kier alpha value is -1.79. The monoisotopic (exact) mass is 347 g/mol. The lowest BCUT2D eigenvalue weighted by molar-refractivity contribution is 0.264. The molecular formula is C18H25N3O2S. The quantitative estimate of drug-likeness (QED) is 0.895. The van der Waals surface area contributed by atoms with Crippen molar-refractivity contribution in [3.05, 3.63) is 23.1 Å². The van der Waals surface area contributed by atoms with Crippen molar-refractivity contribution in [3.8, 4) is 22.8 Å². The lowest BCUT2D eigenvalue weighted by atomic mass is 10.1. The predicted octanol–water partition coefficient (Wildman–Crippen LogP) is 3.64. The largest absolute Gasteiger partial charge is 0.493 e. The molecule has 2 heterocycles. The van der Waals surface area contributed by atoms with Crippen molar-refractivity contribution in [2.24, 2.45) is 0 Å². The van der Waals surface area contributed by atoms with Crippen LogP contribution in [0.25, 0.3) is 11.3 Å². The molecule has 1 aromatic carbocycles. The molecule has 3 rings (SSSR count). The average molecular weight is 347 g/mol. The highest BCUT2D eigenvalue weighted by atomic mass is 32.1. The number of piperidine rings is 1. The van der Waals surface area contributed by atoms with Gasteiger partial charge in [-0.3, -0.25) is 0 Å². The second-order valence-corrected chi connectivity index (χ2v) is 7.42. The second kappa shape index (κ2) is 7.40. The van der Waals surface area contributed by atoms with Gasteiger partial charge in [-0.15, -0.1) is 11.3 Å². The van der Waals surface area contributed by atoms with E-state index >= 15 is 0 Å². The zero-order chi connectivity index (χ0) is 17.1. The molecule has 0 atom stereocenters. The summed E-state index contributed by atoms with van der Waals surface area (Å²) in [5.74, 6) is 1.46. The standard InChI is InChI=1S/C18H25N3O2S/c1-12-17(13-5-6-15(22-3)16(11-13)23-4)20-18(24-12)19-14-7-9-21(2)10-8-14/h5-6,11,14H,7-10H2,1-4H3,(H,19,20). The summed E-state index contributed by atoms with van der Waals surface area (Å²) < 4.78 is 10.7. The molecule has 1 N–H and O–H groups in total. The fraction of sp³-hybridized carbons (Fsp3) is 0.500. The van der Waals surface area contributed by atoms with Crippen LogP contribution in [0, 0.1) is 6.92 Å². The second-order valence-electron chi connectivity index (χ2n) is 6.22. The normalized spacial score (nSPS) is 16.2. The summed E-state index contributed by atoms with van der Waals surface area (Å²) in [7, 11) is 5.48. The van der Waals surface area contributed by atoms with E-state index in [1.807, 2.05) is 18.2 Å². The van der Waals surface area contributed by atoms with Gasteiger partial charge in [0.1, 0.15) is 0 Å². The van der Waals surface area contributed by atoms with Gasteiger partial charge in [0, 0.05) is 16.5 Å². The number of hydrogen-bond acceptors (Lipinski definition) is 6. The van der Waals surface area contributed by atoms with E-state index in [-0.39, 0.29) is 0 Å². The highest BCUT2D eigenvalue weighted by Crippen LogP contribution is 2.36. The first-order valence-corrected chi connectivity index (χ1v) is 9.07. The van der Waals surface area contributed by atoms with Crippen LogP contribution in [0.15, 0.2) is 18.2 Å². The molecule has 0 saturated carbocycles. The Morgan fingerprint density at radius 2 is 1.88 bits per heavy atom. The van der Waals surface area contributed by atoms with Crippen LogP contribution < -0.4 is 14.8 Å². The first kappa shape index (κ1) is 17.0. The molecule has 130 valence electrons. The van der Waals surface area contributed by atoms with Crippen LogP contribution in [0.2, 0.25) is 0 Å². The molecule has 0 unspecified atom stereocenters. The minimum absolute atomic E-state index is 0.519. The smallest absolute Gasteiger partial charge is 0.183 e. The van der Waals surface area contributed by atoms with E-state index in [4.69, 9.17) is 14.5 Å². The number of benzene rings is 1. The van der Waals surface area contributed by atoms with Gasteiger partial charge in [-0.1, -0.05) is 0 Å². The zero-order valence-electron chi connectivity index (χ0n) is 14.8. The first-order chi connectivity index (χ1) is 11.6. The van der Waals surface area contributed by atoms with Gasteiger partial charge in [0.05, 0.1) is 19.9 Å². The fourth-order valence-corrected chi connectivity index (χ4v) is 3.95. The third-order valence-electron chi connectivity index (χ3n) is 4.50. The number of anilines is 1. The summed E-state index contributed by atoms with van der Waals surface area (Å²) in [4.78, 5) is 8.40. The lowest BCUT2D eigenvalue weighted by Gasteiger charge is -2.29. The molecule has 0 radical (unpaired) electrons. The van der Waals surface area contributed by atoms with E-state index < -0.39 is 0 Å². The Morgan fingerprint density at radius 1 is 1.17 bits per heavy atom. The Labute approximate surface area is 147 Å². The highest BCUT2D eigenvalue weighted by molar-refractivity contribution is 7.16. The number of methoxy groups -OCH3 is 2. The molecule has 0 spiro atoms. The minimum Gasteiger partial charge on any atom is -0.493 e. The Bertz CT molecular complexity index is 694.